The Kier molecular flexibility index (Phi) is 5.32. The number of anilines is 1. The van der Waals surface area contributed by atoms with Crippen LogP contribution in [0.3, 0.4) is 0 Å². The number of carbonyl (C=O) groups is 1. The lowest BCUT2D eigenvalue weighted by Gasteiger charge is -2.07. The molecule has 4 heteroatoms. The number of hydrogen-bond donors (Lipinski definition) is 2. The Morgan fingerprint density at radius 3 is 2.62 bits per heavy atom. The highest BCUT2D eigenvalue weighted by molar-refractivity contribution is 6.04. The van der Waals surface area contributed by atoms with Gasteiger partial charge >= 0.3 is 0 Å². The van der Waals surface area contributed by atoms with E-state index in [-0.39, 0.29) is 11.7 Å². The maximum Gasteiger partial charge on any atom is 0.257 e. The molecule has 0 spiro atoms. The first-order chi connectivity index (χ1) is 10.2. The molecule has 1 aromatic heterocycles. The van der Waals surface area contributed by atoms with Crippen LogP contribution in [-0.2, 0) is 6.42 Å². The maximum atomic E-state index is 12.0. The van der Waals surface area contributed by atoms with E-state index in [0.717, 1.165) is 12.1 Å². The van der Waals surface area contributed by atoms with Crippen LogP contribution in [0.4, 0.5) is 5.69 Å². The molecular formula is C17H20N2O2. The third-order valence-corrected chi connectivity index (χ3v) is 3.27. The summed E-state index contributed by atoms with van der Waals surface area (Å²) in [4.78, 5) is 15.8. The molecule has 0 radical (unpaired) electrons. The number of pyridine rings is 1. The topological polar surface area (TPSA) is 62.2 Å². The molecule has 0 aliphatic carbocycles. The summed E-state index contributed by atoms with van der Waals surface area (Å²) >= 11 is 0. The highest BCUT2D eigenvalue weighted by Gasteiger charge is 2.07. The second-order valence-electron chi connectivity index (χ2n) is 5.04. The van der Waals surface area contributed by atoms with Crippen LogP contribution in [0.5, 0.6) is 5.75 Å². The van der Waals surface area contributed by atoms with Crippen LogP contribution < -0.4 is 5.32 Å². The van der Waals surface area contributed by atoms with Crippen LogP contribution in [0.15, 0.2) is 42.7 Å². The van der Waals surface area contributed by atoms with Gasteiger partial charge in [0.05, 0.1) is 11.8 Å². The SMILES string of the molecule is CCCCCc1ccc(NC(=O)c2cncc(O)c2)cc1. The van der Waals surface area contributed by atoms with Crippen LogP contribution in [-0.4, -0.2) is 16.0 Å². The van der Waals surface area contributed by atoms with Crippen molar-refractivity contribution in [2.75, 3.05) is 5.32 Å². The van der Waals surface area contributed by atoms with Crippen molar-refractivity contribution in [1.29, 1.82) is 0 Å². The average Bonchev–Trinajstić information content (AvgIpc) is 2.49. The smallest absolute Gasteiger partial charge is 0.257 e. The number of aromatic hydroxyl groups is 1. The fraction of sp³-hybridized carbons (Fsp3) is 0.294. The summed E-state index contributed by atoms with van der Waals surface area (Å²) in [5.74, 6) is -0.300. The molecule has 4 nitrogen and oxygen atoms in total. The quantitative estimate of drug-likeness (QED) is 0.794. The minimum Gasteiger partial charge on any atom is -0.506 e. The zero-order chi connectivity index (χ0) is 15.1. The third kappa shape index (κ3) is 4.60. The van der Waals surface area contributed by atoms with Gasteiger partial charge in [0, 0.05) is 11.9 Å². The lowest BCUT2D eigenvalue weighted by Crippen LogP contribution is -2.12. The normalized spacial score (nSPS) is 10.3. The predicted octanol–water partition coefficient (Wildman–Crippen LogP) is 3.77. The van der Waals surface area contributed by atoms with Crippen molar-refractivity contribution in [3.8, 4) is 5.75 Å². The number of nitrogens with zero attached hydrogens (tertiary/aromatic N) is 1. The monoisotopic (exact) mass is 284 g/mol. The van der Waals surface area contributed by atoms with Gasteiger partial charge < -0.3 is 10.4 Å². The average molecular weight is 284 g/mol. The van der Waals surface area contributed by atoms with Crippen molar-refractivity contribution in [1.82, 2.24) is 4.98 Å². The Morgan fingerprint density at radius 2 is 1.95 bits per heavy atom. The van der Waals surface area contributed by atoms with Crippen LogP contribution in [0.25, 0.3) is 0 Å². The van der Waals surface area contributed by atoms with Gasteiger partial charge in [0.25, 0.3) is 5.91 Å². The summed E-state index contributed by atoms with van der Waals surface area (Å²) in [6.45, 7) is 2.19. The number of hydrogen-bond acceptors (Lipinski definition) is 3. The van der Waals surface area contributed by atoms with E-state index in [1.54, 1.807) is 0 Å². The second kappa shape index (κ2) is 7.43. The standard InChI is InChI=1S/C17H20N2O2/c1-2-3-4-5-13-6-8-15(9-7-13)19-17(21)14-10-16(20)12-18-11-14/h6-12,20H,2-5H2,1H3,(H,19,21). The van der Waals surface area contributed by atoms with Crippen LogP contribution in [0, 0.1) is 0 Å². The minimum atomic E-state index is -0.280. The van der Waals surface area contributed by atoms with Gasteiger partial charge in [-0.3, -0.25) is 9.78 Å². The van der Waals surface area contributed by atoms with Crippen molar-refractivity contribution >= 4 is 11.6 Å². The van der Waals surface area contributed by atoms with Gasteiger partial charge in [-0.2, -0.15) is 0 Å². The summed E-state index contributed by atoms with van der Waals surface area (Å²) in [7, 11) is 0. The molecule has 0 fully saturated rings. The van der Waals surface area contributed by atoms with Crippen molar-refractivity contribution in [2.24, 2.45) is 0 Å². The number of unbranched alkanes of at least 4 members (excludes halogenated alkanes) is 2. The lowest BCUT2D eigenvalue weighted by molar-refractivity contribution is 0.102. The van der Waals surface area contributed by atoms with E-state index in [0.29, 0.717) is 5.56 Å². The highest BCUT2D eigenvalue weighted by Crippen LogP contribution is 2.15. The molecule has 0 bridgehead atoms. The van der Waals surface area contributed by atoms with Crippen LogP contribution in [0.2, 0.25) is 0 Å². The minimum absolute atomic E-state index is 0.0195. The molecule has 110 valence electrons. The number of aryl methyl sites for hydroxylation is 1. The number of nitrogens with one attached hydrogen (secondary N) is 1. The van der Waals surface area contributed by atoms with Crippen molar-refractivity contribution in [2.45, 2.75) is 32.6 Å². The van der Waals surface area contributed by atoms with Gasteiger partial charge in [-0.25, -0.2) is 0 Å². The van der Waals surface area contributed by atoms with Crippen molar-refractivity contribution in [3.63, 3.8) is 0 Å². The molecular weight excluding hydrogens is 264 g/mol. The summed E-state index contributed by atoms with van der Waals surface area (Å²) < 4.78 is 0. The van der Waals surface area contributed by atoms with Gasteiger partial charge in [-0.15, -0.1) is 0 Å². The van der Waals surface area contributed by atoms with E-state index in [9.17, 15) is 9.90 Å². The highest BCUT2D eigenvalue weighted by atomic mass is 16.3. The number of benzene rings is 1. The number of aromatic nitrogens is 1. The maximum absolute atomic E-state index is 12.0. The number of rotatable bonds is 6. The Hall–Kier alpha value is -2.36. The fourth-order valence-corrected chi connectivity index (χ4v) is 2.09. The lowest BCUT2D eigenvalue weighted by atomic mass is 10.1. The Labute approximate surface area is 124 Å². The van der Waals surface area contributed by atoms with Crippen LogP contribution in [0.1, 0.15) is 42.1 Å². The fourth-order valence-electron chi connectivity index (χ4n) is 2.09. The van der Waals surface area contributed by atoms with E-state index in [1.807, 2.05) is 24.3 Å². The Balaban J connectivity index is 1.95. The second-order valence-corrected chi connectivity index (χ2v) is 5.04. The van der Waals surface area contributed by atoms with Crippen LogP contribution >= 0.6 is 0 Å². The molecule has 1 heterocycles. The molecule has 0 aliphatic heterocycles. The third-order valence-electron chi connectivity index (χ3n) is 3.27. The Bertz CT molecular complexity index is 594. The van der Waals surface area contributed by atoms with E-state index in [2.05, 4.69) is 17.2 Å². The summed E-state index contributed by atoms with van der Waals surface area (Å²) in [5, 5.41) is 12.1. The zero-order valence-electron chi connectivity index (χ0n) is 12.2. The van der Waals surface area contributed by atoms with E-state index in [4.69, 9.17) is 0 Å². The van der Waals surface area contributed by atoms with E-state index >= 15 is 0 Å². The molecule has 0 aliphatic rings. The molecule has 1 amide bonds. The van der Waals surface area contributed by atoms with Gasteiger partial charge in [0.15, 0.2) is 0 Å². The van der Waals surface area contributed by atoms with Gasteiger partial charge in [-0.1, -0.05) is 31.9 Å². The molecule has 0 saturated carbocycles. The Morgan fingerprint density at radius 1 is 1.19 bits per heavy atom. The van der Waals surface area contributed by atoms with Crippen molar-refractivity contribution < 1.29 is 9.90 Å². The summed E-state index contributed by atoms with van der Waals surface area (Å²) in [5.41, 5.74) is 2.35. The number of amides is 1. The van der Waals surface area contributed by atoms with Gasteiger partial charge in [-0.05, 0) is 36.6 Å². The number of carbonyl (C=O) groups excluding carboxylic acids is 1. The van der Waals surface area contributed by atoms with Gasteiger partial charge in [0.2, 0.25) is 0 Å². The molecule has 0 saturated heterocycles. The molecule has 2 rings (SSSR count). The zero-order valence-corrected chi connectivity index (χ0v) is 12.2. The molecule has 21 heavy (non-hydrogen) atoms. The summed E-state index contributed by atoms with van der Waals surface area (Å²) in [6.07, 6.45) is 7.43. The molecule has 2 aromatic rings. The largest absolute Gasteiger partial charge is 0.506 e. The first kappa shape index (κ1) is 15.0. The molecule has 0 unspecified atom stereocenters. The first-order valence-corrected chi connectivity index (χ1v) is 7.23. The van der Waals surface area contributed by atoms with E-state index < -0.39 is 0 Å². The summed E-state index contributed by atoms with van der Waals surface area (Å²) in [6, 6.07) is 9.25. The van der Waals surface area contributed by atoms with Crippen molar-refractivity contribution in [3.05, 3.63) is 53.9 Å². The predicted molar refractivity (Wildman–Crippen MR) is 83.5 cm³/mol. The molecule has 1 aromatic carbocycles. The molecule has 0 atom stereocenters. The first-order valence-electron chi connectivity index (χ1n) is 7.23. The van der Waals surface area contributed by atoms with Gasteiger partial charge in [0.1, 0.15) is 5.75 Å². The molecule has 2 N–H and O–H groups in total. The van der Waals surface area contributed by atoms with E-state index in [1.165, 1.54) is 43.3 Å².